The lowest BCUT2D eigenvalue weighted by atomic mass is 9.88. The minimum Gasteiger partial charge on any atom is -0.490 e. The number of thioether (sulfide) groups is 1. The highest BCUT2D eigenvalue weighted by Crippen LogP contribution is 2.57. The molecule has 1 saturated carbocycles. The summed E-state index contributed by atoms with van der Waals surface area (Å²) in [6, 6.07) is 16.4. The van der Waals surface area contributed by atoms with Crippen molar-refractivity contribution in [3.63, 3.8) is 0 Å². The van der Waals surface area contributed by atoms with Crippen LogP contribution in [-0.4, -0.2) is 43.6 Å². The molecule has 0 radical (unpaired) electrons. The molecule has 1 aliphatic carbocycles. The maximum Gasteiger partial charge on any atom is 0.327 e. The van der Waals surface area contributed by atoms with E-state index in [2.05, 4.69) is 26.0 Å². The summed E-state index contributed by atoms with van der Waals surface area (Å²) in [5.41, 5.74) is 1.81. The number of aliphatic carboxylic acids is 1. The number of carbonyl (C=O) groups is 2. The molecule has 2 aromatic carbocycles. The molecule has 2 aromatic rings. The van der Waals surface area contributed by atoms with Crippen LogP contribution in [0.5, 0.6) is 5.75 Å². The van der Waals surface area contributed by atoms with Gasteiger partial charge >= 0.3 is 5.97 Å². The van der Waals surface area contributed by atoms with Crippen molar-refractivity contribution in [3.8, 4) is 5.75 Å². The normalized spacial score (nSPS) is 26.5. The van der Waals surface area contributed by atoms with Crippen LogP contribution in [0, 0.1) is 0 Å². The second-order valence-corrected chi connectivity index (χ2v) is 12.0. The minimum atomic E-state index is -0.947. The van der Waals surface area contributed by atoms with Crippen molar-refractivity contribution in [2.75, 3.05) is 0 Å². The molecule has 1 heterocycles. The number of ether oxygens (including phenoxy) is 1. The molecule has 33 heavy (non-hydrogen) atoms. The van der Waals surface area contributed by atoms with E-state index in [1.807, 2.05) is 44.2 Å². The molecule has 1 spiro atoms. The largest absolute Gasteiger partial charge is 0.490 e. The zero-order chi connectivity index (χ0) is 23.8. The zero-order valence-electron chi connectivity index (χ0n) is 19.8. The Morgan fingerprint density at radius 1 is 1.03 bits per heavy atom. The predicted molar refractivity (Wildman–Crippen MR) is 132 cm³/mol. The smallest absolute Gasteiger partial charge is 0.327 e. The lowest BCUT2D eigenvalue weighted by Crippen LogP contribution is -2.56. The van der Waals surface area contributed by atoms with Crippen molar-refractivity contribution >= 4 is 23.6 Å². The predicted octanol–water partition coefficient (Wildman–Crippen LogP) is 5.95. The maximum absolute atomic E-state index is 13.6. The zero-order valence-corrected chi connectivity index (χ0v) is 20.6. The Kier molecular flexibility index (Phi) is 6.50. The number of hydrogen-bond donors (Lipinski definition) is 1. The van der Waals surface area contributed by atoms with Gasteiger partial charge in [0.15, 0.2) is 0 Å². The number of carbonyl (C=O) groups excluding carboxylic acids is 1. The standard InChI is InChI=1S/C27H33NO4S/c1-18(2)19-10-12-21(13-11-19)32-22-14-16-27(17-15-22)28(23(25(30)31)26(3,4)33-27)24(29)20-8-6-5-7-9-20/h5-13,18,22-23H,14-17H2,1-4H3,(H,30,31)/t22?,23-,27?/m1/s1. The second-order valence-electron chi connectivity index (χ2n) is 9.97. The van der Waals surface area contributed by atoms with E-state index in [0.29, 0.717) is 24.3 Å². The summed E-state index contributed by atoms with van der Waals surface area (Å²) in [6.07, 6.45) is 3.03. The van der Waals surface area contributed by atoms with Gasteiger partial charge in [-0.2, -0.15) is 0 Å². The van der Waals surface area contributed by atoms with Crippen LogP contribution in [0.4, 0.5) is 0 Å². The Labute approximate surface area is 200 Å². The van der Waals surface area contributed by atoms with Crippen LogP contribution >= 0.6 is 11.8 Å². The fourth-order valence-corrected chi connectivity index (χ4v) is 7.22. The molecule has 4 rings (SSSR count). The first kappa shape index (κ1) is 23.7. The monoisotopic (exact) mass is 467 g/mol. The Morgan fingerprint density at radius 2 is 1.64 bits per heavy atom. The van der Waals surface area contributed by atoms with Crippen molar-refractivity contribution < 1.29 is 19.4 Å². The first-order valence-corrected chi connectivity index (χ1v) is 12.5. The molecule has 5 nitrogen and oxygen atoms in total. The summed E-state index contributed by atoms with van der Waals surface area (Å²) in [5, 5.41) is 10.1. The third kappa shape index (κ3) is 4.63. The number of benzene rings is 2. The molecule has 1 atom stereocenters. The number of carboxylic acids is 1. The Morgan fingerprint density at radius 3 is 2.18 bits per heavy atom. The Hall–Kier alpha value is -2.47. The van der Waals surface area contributed by atoms with Gasteiger partial charge in [-0.3, -0.25) is 4.79 Å². The molecule has 0 bridgehead atoms. The van der Waals surface area contributed by atoms with Gasteiger partial charge in [0.05, 0.1) is 11.0 Å². The second kappa shape index (κ2) is 9.05. The summed E-state index contributed by atoms with van der Waals surface area (Å²) >= 11 is 1.64. The molecule has 2 aliphatic rings. The van der Waals surface area contributed by atoms with E-state index in [9.17, 15) is 14.7 Å². The van der Waals surface area contributed by atoms with Gasteiger partial charge in [0.2, 0.25) is 0 Å². The van der Waals surface area contributed by atoms with Gasteiger partial charge in [-0.05, 0) is 75.3 Å². The third-order valence-electron chi connectivity index (χ3n) is 6.85. The molecular weight excluding hydrogens is 434 g/mol. The lowest BCUT2D eigenvalue weighted by molar-refractivity contribution is -0.144. The van der Waals surface area contributed by atoms with Gasteiger partial charge in [0, 0.05) is 10.3 Å². The average Bonchev–Trinajstić information content (AvgIpc) is 3.02. The summed E-state index contributed by atoms with van der Waals surface area (Å²) in [5.74, 6) is 0.189. The van der Waals surface area contributed by atoms with Gasteiger partial charge < -0.3 is 14.7 Å². The Balaban J connectivity index is 1.54. The van der Waals surface area contributed by atoms with Crippen molar-refractivity contribution in [1.82, 2.24) is 4.90 Å². The van der Waals surface area contributed by atoms with Crippen LogP contribution in [0.15, 0.2) is 54.6 Å². The SMILES string of the molecule is CC(C)c1ccc(OC2CCC3(CC2)SC(C)(C)[C@@H](C(=O)O)N3C(=O)c2ccccc2)cc1. The quantitative estimate of drug-likeness (QED) is 0.589. The maximum atomic E-state index is 13.6. The van der Waals surface area contributed by atoms with E-state index < -0.39 is 21.6 Å². The molecule has 2 fully saturated rings. The number of rotatable bonds is 5. The highest BCUT2D eigenvalue weighted by atomic mass is 32.2. The fourth-order valence-electron chi connectivity index (χ4n) is 5.20. The fraction of sp³-hybridized carbons (Fsp3) is 0.481. The minimum absolute atomic E-state index is 0.0572. The highest BCUT2D eigenvalue weighted by Gasteiger charge is 2.61. The third-order valence-corrected chi connectivity index (χ3v) is 8.58. The van der Waals surface area contributed by atoms with Crippen LogP contribution in [0.3, 0.4) is 0 Å². The van der Waals surface area contributed by atoms with Crippen LogP contribution in [0.25, 0.3) is 0 Å². The number of hydrogen-bond acceptors (Lipinski definition) is 4. The molecular formula is C27H33NO4S. The molecule has 1 saturated heterocycles. The van der Waals surface area contributed by atoms with Crippen molar-refractivity contribution in [2.45, 2.75) is 81.1 Å². The number of nitrogens with zero attached hydrogens (tertiary/aromatic N) is 1. The average molecular weight is 468 g/mol. The van der Waals surface area contributed by atoms with Crippen molar-refractivity contribution in [3.05, 3.63) is 65.7 Å². The molecule has 1 amide bonds. The number of amides is 1. The first-order chi connectivity index (χ1) is 15.6. The van der Waals surface area contributed by atoms with E-state index >= 15 is 0 Å². The molecule has 0 unspecified atom stereocenters. The van der Waals surface area contributed by atoms with E-state index in [0.717, 1.165) is 18.6 Å². The molecule has 0 aromatic heterocycles. The lowest BCUT2D eigenvalue weighted by Gasteiger charge is -2.43. The summed E-state index contributed by atoms with van der Waals surface area (Å²) in [6.45, 7) is 8.22. The van der Waals surface area contributed by atoms with E-state index in [-0.39, 0.29) is 12.0 Å². The van der Waals surface area contributed by atoms with Crippen LogP contribution in [0.2, 0.25) is 0 Å². The van der Waals surface area contributed by atoms with E-state index in [4.69, 9.17) is 4.74 Å². The first-order valence-electron chi connectivity index (χ1n) is 11.7. The molecule has 176 valence electrons. The van der Waals surface area contributed by atoms with Gasteiger partial charge in [-0.25, -0.2) is 4.79 Å². The van der Waals surface area contributed by atoms with Gasteiger partial charge in [-0.15, -0.1) is 11.8 Å². The highest BCUT2D eigenvalue weighted by molar-refractivity contribution is 8.02. The van der Waals surface area contributed by atoms with E-state index in [1.54, 1.807) is 28.8 Å². The van der Waals surface area contributed by atoms with Crippen LogP contribution in [0.1, 0.15) is 75.2 Å². The van der Waals surface area contributed by atoms with E-state index in [1.165, 1.54) is 5.56 Å². The van der Waals surface area contributed by atoms with Crippen LogP contribution < -0.4 is 4.74 Å². The van der Waals surface area contributed by atoms with Gasteiger partial charge in [-0.1, -0.05) is 44.2 Å². The number of carboxylic acid groups (broad SMARTS) is 1. The molecule has 1 N–H and O–H groups in total. The van der Waals surface area contributed by atoms with Crippen molar-refractivity contribution in [2.24, 2.45) is 0 Å². The van der Waals surface area contributed by atoms with Crippen molar-refractivity contribution in [1.29, 1.82) is 0 Å². The Bertz CT molecular complexity index is 995. The summed E-state index contributed by atoms with van der Waals surface area (Å²) in [7, 11) is 0. The van der Waals surface area contributed by atoms with Gasteiger partial charge in [0.25, 0.3) is 5.91 Å². The molecule has 1 aliphatic heterocycles. The summed E-state index contributed by atoms with van der Waals surface area (Å²) in [4.78, 5) is 27.1. The topological polar surface area (TPSA) is 66.8 Å². The van der Waals surface area contributed by atoms with Crippen LogP contribution in [-0.2, 0) is 4.79 Å². The molecule has 6 heteroatoms. The van der Waals surface area contributed by atoms with Gasteiger partial charge in [0.1, 0.15) is 11.8 Å². The summed E-state index contributed by atoms with van der Waals surface area (Å²) < 4.78 is 5.68.